The van der Waals surface area contributed by atoms with Crippen molar-refractivity contribution >= 4 is 23.4 Å². The molecular weight excluding hydrogens is 262 g/mol. The first kappa shape index (κ1) is 13.5. The van der Waals surface area contributed by atoms with Gasteiger partial charge in [0.25, 0.3) is 0 Å². The maximum Gasteiger partial charge on any atom is 0.0481 e. The lowest BCUT2D eigenvalue weighted by molar-refractivity contribution is 0.940. The van der Waals surface area contributed by atoms with E-state index in [9.17, 15) is 0 Å². The predicted molar refractivity (Wildman–Crippen MR) is 80.3 cm³/mol. The van der Waals surface area contributed by atoms with E-state index in [1.165, 1.54) is 10.5 Å². The van der Waals surface area contributed by atoms with Crippen LogP contribution in [0.4, 0.5) is 0 Å². The summed E-state index contributed by atoms with van der Waals surface area (Å²) in [5.74, 6) is 0. The standard InChI is InChI=1S/C15H16ClNS/c1-11-6-2-5-9-14(11)18-15(10-17)12-7-3-4-8-13(12)16/h2-9,15H,10,17H2,1H3. The Morgan fingerprint density at radius 2 is 1.78 bits per heavy atom. The molecule has 2 N–H and O–H groups in total. The minimum absolute atomic E-state index is 0.194. The van der Waals surface area contributed by atoms with Gasteiger partial charge in [-0.1, -0.05) is 48.0 Å². The first-order valence-corrected chi connectivity index (χ1v) is 7.15. The number of halogens is 1. The Kier molecular flexibility index (Phi) is 4.70. The molecule has 0 aromatic heterocycles. The van der Waals surface area contributed by atoms with Gasteiger partial charge in [-0.3, -0.25) is 0 Å². The molecule has 0 saturated heterocycles. The van der Waals surface area contributed by atoms with Crippen molar-refractivity contribution in [3.63, 3.8) is 0 Å². The van der Waals surface area contributed by atoms with Crippen molar-refractivity contribution in [3.05, 3.63) is 64.7 Å². The van der Waals surface area contributed by atoms with Gasteiger partial charge in [0.1, 0.15) is 0 Å². The Morgan fingerprint density at radius 3 is 2.44 bits per heavy atom. The number of nitrogens with two attached hydrogens (primary N) is 1. The molecule has 0 bridgehead atoms. The summed E-state index contributed by atoms with van der Waals surface area (Å²) in [5, 5.41) is 0.980. The van der Waals surface area contributed by atoms with Crippen LogP contribution in [0.2, 0.25) is 5.02 Å². The first-order valence-electron chi connectivity index (χ1n) is 5.89. The molecule has 1 unspecified atom stereocenters. The Morgan fingerprint density at radius 1 is 1.11 bits per heavy atom. The van der Waals surface area contributed by atoms with Crippen LogP contribution >= 0.6 is 23.4 Å². The summed E-state index contributed by atoms with van der Waals surface area (Å²) in [7, 11) is 0. The van der Waals surface area contributed by atoms with Crippen LogP contribution in [0, 0.1) is 6.92 Å². The van der Waals surface area contributed by atoms with E-state index in [1.54, 1.807) is 11.8 Å². The average molecular weight is 278 g/mol. The Labute approximate surface area is 117 Å². The summed E-state index contributed by atoms with van der Waals surface area (Å²) in [6, 6.07) is 16.2. The maximum absolute atomic E-state index is 6.23. The highest BCUT2D eigenvalue weighted by Gasteiger charge is 2.15. The molecule has 0 heterocycles. The number of hydrogen-bond donors (Lipinski definition) is 1. The van der Waals surface area contributed by atoms with Gasteiger partial charge in [-0.15, -0.1) is 11.8 Å². The van der Waals surface area contributed by atoms with Crippen LogP contribution in [0.15, 0.2) is 53.4 Å². The number of aryl methyl sites for hydroxylation is 1. The van der Waals surface area contributed by atoms with Gasteiger partial charge in [0.2, 0.25) is 0 Å². The van der Waals surface area contributed by atoms with Crippen LogP contribution in [0.5, 0.6) is 0 Å². The van der Waals surface area contributed by atoms with Gasteiger partial charge in [0.15, 0.2) is 0 Å². The molecule has 0 aliphatic carbocycles. The van der Waals surface area contributed by atoms with E-state index in [-0.39, 0.29) is 5.25 Å². The molecule has 0 fully saturated rings. The van der Waals surface area contributed by atoms with Gasteiger partial charge in [-0.25, -0.2) is 0 Å². The molecule has 18 heavy (non-hydrogen) atoms. The minimum Gasteiger partial charge on any atom is -0.329 e. The summed E-state index contributed by atoms with van der Waals surface area (Å²) in [5.41, 5.74) is 8.27. The number of hydrogen-bond acceptors (Lipinski definition) is 2. The van der Waals surface area contributed by atoms with E-state index in [0.29, 0.717) is 6.54 Å². The third-order valence-corrected chi connectivity index (χ3v) is 4.62. The van der Waals surface area contributed by atoms with Crippen LogP contribution in [0.3, 0.4) is 0 Å². The fourth-order valence-electron chi connectivity index (χ4n) is 1.82. The maximum atomic E-state index is 6.23. The highest BCUT2D eigenvalue weighted by Crippen LogP contribution is 2.38. The lowest BCUT2D eigenvalue weighted by Crippen LogP contribution is -2.09. The third-order valence-electron chi connectivity index (χ3n) is 2.83. The van der Waals surface area contributed by atoms with E-state index in [4.69, 9.17) is 17.3 Å². The van der Waals surface area contributed by atoms with E-state index >= 15 is 0 Å². The zero-order valence-electron chi connectivity index (χ0n) is 10.3. The molecule has 0 saturated carbocycles. The molecule has 0 amide bonds. The number of rotatable bonds is 4. The van der Waals surface area contributed by atoms with Crippen molar-refractivity contribution < 1.29 is 0 Å². The second-order valence-corrected chi connectivity index (χ2v) is 5.78. The first-order chi connectivity index (χ1) is 8.72. The topological polar surface area (TPSA) is 26.0 Å². The fourth-order valence-corrected chi connectivity index (χ4v) is 3.30. The van der Waals surface area contributed by atoms with Gasteiger partial charge < -0.3 is 5.73 Å². The van der Waals surface area contributed by atoms with Crippen LogP contribution < -0.4 is 5.73 Å². The van der Waals surface area contributed by atoms with Crippen molar-refractivity contribution in [1.82, 2.24) is 0 Å². The lowest BCUT2D eigenvalue weighted by Gasteiger charge is -2.17. The Hall–Kier alpha value is -0.960. The van der Waals surface area contributed by atoms with Crippen molar-refractivity contribution in [3.8, 4) is 0 Å². The summed E-state index contributed by atoms with van der Waals surface area (Å²) < 4.78 is 0. The summed E-state index contributed by atoms with van der Waals surface area (Å²) >= 11 is 8.01. The molecule has 3 heteroatoms. The molecule has 0 aliphatic heterocycles. The lowest BCUT2D eigenvalue weighted by atomic mass is 10.1. The normalized spacial score (nSPS) is 12.4. The van der Waals surface area contributed by atoms with Gasteiger partial charge in [-0.05, 0) is 30.2 Å². The molecule has 94 valence electrons. The molecule has 0 spiro atoms. The van der Waals surface area contributed by atoms with Gasteiger partial charge in [0.05, 0.1) is 0 Å². The van der Waals surface area contributed by atoms with Crippen LogP contribution in [0.1, 0.15) is 16.4 Å². The van der Waals surface area contributed by atoms with Crippen molar-refractivity contribution in [2.75, 3.05) is 6.54 Å². The molecule has 1 atom stereocenters. The summed E-state index contributed by atoms with van der Waals surface area (Å²) in [6.07, 6.45) is 0. The van der Waals surface area contributed by atoms with Crippen LogP contribution in [-0.2, 0) is 0 Å². The predicted octanol–water partition coefficient (Wildman–Crippen LogP) is 4.44. The summed E-state index contributed by atoms with van der Waals surface area (Å²) in [4.78, 5) is 1.26. The van der Waals surface area contributed by atoms with E-state index < -0.39 is 0 Å². The van der Waals surface area contributed by atoms with E-state index in [2.05, 4.69) is 25.1 Å². The van der Waals surface area contributed by atoms with Gasteiger partial charge >= 0.3 is 0 Å². The average Bonchev–Trinajstić information content (AvgIpc) is 2.39. The SMILES string of the molecule is Cc1ccccc1SC(CN)c1ccccc1Cl. The van der Waals surface area contributed by atoms with Crippen molar-refractivity contribution in [2.45, 2.75) is 17.1 Å². The zero-order valence-corrected chi connectivity index (χ0v) is 11.8. The largest absolute Gasteiger partial charge is 0.329 e. The minimum atomic E-state index is 0.194. The Bertz CT molecular complexity index is 527. The zero-order chi connectivity index (χ0) is 13.0. The highest BCUT2D eigenvalue weighted by molar-refractivity contribution is 7.99. The quantitative estimate of drug-likeness (QED) is 0.836. The molecular formula is C15H16ClNS. The third kappa shape index (κ3) is 3.08. The van der Waals surface area contributed by atoms with Crippen molar-refractivity contribution in [1.29, 1.82) is 0 Å². The molecule has 2 aromatic rings. The highest BCUT2D eigenvalue weighted by atomic mass is 35.5. The monoisotopic (exact) mass is 277 g/mol. The van der Waals surface area contributed by atoms with Gasteiger partial charge in [-0.2, -0.15) is 0 Å². The van der Waals surface area contributed by atoms with Crippen LogP contribution in [0.25, 0.3) is 0 Å². The molecule has 2 aromatic carbocycles. The second-order valence-electron chi connectivity index (χ2n) is 4.13. The van der Waals surface area contributed by atoms with E-state index in [0.717, 1.165) is 10.6 Å². The second kappa shape index (κ2) is 6.28. The molecule has 0 aliphatic rings. The van der Waals surface area contributed by atoms with Gasteiger partial charge in [0, 0.05) is 21.7 Å². The Balaban J connectivity index is 2.26. The fraction of sp³-hybridized carbons (Fsp3) is 0.200. The van der Waals surface area contributed by atoms with E-state index in [1.807, 2.05) is 30.3 Å². The summed E-state index contributed by atoms with van der Waals surface area (Å²) in [6.45, 7) is 2.69. The smallest absolute Gasteiger partial charge is 0.0481 e. The van der Waals surface area contributed by atoms with Crippen molar-refractivity contribution in [2.24, 2.45) is 5.73 Å². The molecule has 2 rings (SSSR count). The number of thioether (sulfide) groups is 1. The molecule has 0 radical (unpaired) electrons. The van der Waals surface area contributed by atoms with Crippen LogP contribution in [-0.4, -0.2) is 6.54 Å². The molecule has 1 nitrogen and oxygen atoms in total. The number of benzene rings is 2.